The Morgan fingerprint density at radius 1 is 0.861 bits per heavy atom. The number of benzene rings is 3. The van der Waals surface area contributed by atoms with Gasteiger partial charge in [-0.1, -0.05) is 89.4 Å². The number of carbonyl (C=O) groups excluding carboxylic acids is 2. The third kappa shape index (κ3) is 8.17. The molecule has 4 nitrogen and oxygen atoms in total. The van der Waals surface area contributed by atoms with E-state index < -0.39 is 6.04 Å². The third-order valence-electron chi connectivity index (χ3n) is 5.53. The second-order valence-corrected chi connectivity index (χ2v) is 10.9. The zero-order chi connectivity index (χ0) is 26.1. The summed E-state index contributed by atoms with van der Waals surface area (Å²) >= 11 is 20.7. The van der Waals surface area contributed by atoms with E-state index in [1.54, 1.807) is 23.1 Å². The van der Waals surface area contributed by atoms with Crippen molar-refractivity contribution in [2.45, 2.75) is 44.6 Å². The molecule has 0 aliphatic carbocycles. The predicted octanol–water partition coefficient (Wildman–Crippen LogP) is 7.04. The van der Waals surface area contributed by atoms with E-state index >= 15 is 0 Å². The first-order valence-electron chi connectivity index (χ1n) is 11.6. The van der Waals surface area contributed by atoms with Crippen LogP contribution in [0.3, 0.4) is 0 Å². The topological polar surface area (TPSA) is 49.4 Å². The lowest BCUT2D eigenvalue weighted by Gasteiger charge is -2.32. The monoisotopic (exact) mass is 562 g/mol. The van der Waals surface area contributed by atoms with Gasteiger partial charge < -0.3 is 10.2 Å². The zero-order valence-corrected chi connectivity index (χ0v) is 23.3. The fraction of sp³-hybridized carbons (Fsp3) is 0.286. The van der Waals surface area contributed by atoms with Gasteiger partial charge in [0.15, 0.2) is 0 Å². The van der Waals surface area contributed by atoms with Crippen molar-refractivity contribution in [3.63, 3.8) is 0 Å². The van der Waals surface area contributed by atoms with Crippen molar-refractivity contribution >= 4 is 58.4 Å². The fourth-order valence-corrected chi connectivity index (χ4v) is 5.45. The highest BCUT2D eigenvalue weighted by Crippen LogP contribution is 2.28. The van der Waals surface area contributed by atoms with Gasteiger partial charge in [-0.05, 0) is 43.2 Å². The minimum absolute atomic E-state index is 0.0776. The van der Waals surface area contributed by atoms with Crippen LogP contribution in [0, 0.1) is 0 Å². The molecule has 0 aromatic heterocycles. The number of hydrogen-bond acceptors (Lipinski definition) is 3. The van der Waals surface area contributed by atoms with Crippen LogP contribution in [0.25, 0.3) is 0 Å². The molecule has 2 amide bonds. The van der Waals surface area contributed by atoms with Gasteiger partial charge in [-0.2, -0.15) is 0 Å². The molecule has 8 heteroatoms. The molecule has 3 aromatic carbocycles. The lowest BCUT2D eigenvalue weighted by atomic mass is 10.0. The minimum atomic E-state index is -0.740. The van der Waals surface area contributed by atoms with Crippen LogP contribution in [0.15, 0.2) is 72.8 Å². The van der Waals surface area contributed by atoms with Gasteiger partial charge in [0.2, 0.25) is 11.8 Å². The van der Waals surface area contributed by atoms with Crippen molar-refractivity contribution in [1.29, 1.82) is 0 Å². The smallest absolute Gasteiger partial charge is 0.243 e. The molecular weight excluding hydrogens is 535 g/mol. The molecule has 0 aliphatic rings. The average Bonchev–Trinajstić information content (AvgIpc) is 2.84. The highest BCUT2D eigenvalue weighted by Gasteiger charge is 2.31. The largest absolute Gasteiger partial charge is 0.352 e. The van der Waals surface area contributed by atoms with Gasteiger partial charge in [-0.3, -0.25) is 9.59 Å². The molecule has 0 radical (unpaired) electrons. The van der Waals surface area contributed by atoms with E-state index in [9.17, 15) is 9.59 Å². The summed E-state index contributed by atoms with van der Waals surface area (Å²) in [7, 11) is 0. The van der Waals surface area contributed by atoms with Crippen LogP contribution in [-0.4, -0.2) is 34.6 Å². The Bertz CT molecular complexity index is 1150. The zero-order valence-electron chi connectivity index (χ0n) is 20.2. The second kappa shape index (κ2) is 13.9. The molecule has 0 saturated heterocycles. The minimum Gasteiger partial charge on any atom is -0.352 e. The number of thioether (sulfide) groups is 1. The summed E-state index contributed by atoms with van der Waals surface area (Å²) in [6.07, 6.45) is 0.363. The second-order valence-electron chi connectivity index (χ2n) is 8.67. The molecule has 0 bridgehead atoms. The summed E-state index contributed by atoms with van der Waals surface area (Å²) in [5.74, 6) is 0.352. The Kier molecular flexibility index (Phi) is 11.0. The molecule has 3 rings (SSSR count). The number of carbonyl (C=O) groups is 2. The average molecular weight is 564 g/mol. The lowest BCUT2D eigenvalue weighted by molar-refractivity contribution is -0.139. The number of nitrogens with zero attached hydrogens (tertiary/aromatic N) is 1. The Morgan fingerprint density at radius 2 is 1.47 bits per heavy atom. The van der Waals surface area contributed by atoms with E-state index in [0.29, 0.717) is 32.8 Å². The summed E-state index contributed by atoms with van der Waals surface area (Å²) in [5.41, 5.74) is 2.52. The van der Waals surface area contributed by atoms with Crippen LogP contribution in [0.1, 0.15) is 30.5 Å². The summed E-state index contributed by atoms with van der Waals surface area (Å²) in [4.78, 5) is 28.7. The maximum atomic E-state index is 13.7. The molecule has 0 spiro atoms. The van der Waals surface area contributed by atoms with E-state index in [2.05, 4.69) is 5.32 Å². The van der Waals surface area contributed by atoms with Crippen molar-refractivity contribution in [2.75, 3.05) is 5.75 Å². The Labute approximate surface area is 232 Å². The summed E-state index contributed by atoms with van der Waals surface area (Å²) < 4.78 is 0. The highest BCUT2D eigenvalue weighted by atomic mass is 35.5. The molecular formula is C28H29Cl3N2O2S. The summed E-state index contributed by atoms with van der Waals surface area (Å²) in [5, 5.41) is 4.54. The predicted molar refractivity (Wildman–Crippen MR) is 152 cm³/mol. The van der Waals surface area contributed by atoms with Crippen molar-refractivity contribution in [3.8, 4) is 0 Å². The molecule has 3 aromatic rings. The lowest BCUT2D eigenvalue weighted by Crippen LogP contribution is -2.52. The molecule has 1 unspecified atom stereocenters. The van der Waals surface area contributed by atoms with E-state index in [1.165, 1.54) is 11.8 Å². The van der Waals surface area contributed by atoms with Crippen molar-refractivity contribution in [3.05, 3.63) is 105 Å². The maximum absolute atomic E-state index is 13.7. The Balaban J connectivity index is 1.90. The van der Waals surface area contributed by atoms with Gasteiger partial charge in [0.1, 0.15) is 6.04 Å². The van der Waals surface area contributed by atoms with Crippen LogP contribution < -0.4 is 5.32 Å². The first-order chi connectivity index (χ1) is 17.3. The van der Waals surface area contributed by atoms with Crippen molar-refractivity contribution in [2.24, 2.45) is 0 Å². The summed E-state index contributed by atoms with van der Waals surface area (Å²) in [6, 6.07) is 21.6. The van der Waals surface area contributed by atoms with Crippen LogP contribution in [-0.2, 0) is 28.3 Å². The Morgan fingerprint density at radius 3 is 2.11 bits per heavy atom. The fourth-order valence-electron chi connectivity index (χ4n) is 3.74. The molecule has 1 atom stereocenters. The van der Waals surface area contributed by atoms with Crippen LogP contribution >= 0.6 is 46.6 Å². The van der Waals surface area contributed by atoms with Gasteiger partial charge in [0, 0.05) is 45.4 Å². The van der Waals surface area contributed by atoms with Gasteiger partial charge in [-0.25, -0.2) is 0 Å². The van der Waals surface area contributed by atoms with E-state index in [-0.39, 0.29) is 30.2 Å². The number of halogens is 3. The van der Waals surface area contributed by atoms with Gasteiger partial charge in [0.05, 0.1) is 5.75 Å². The third-order valence-corrected chi connectivity index (χ3v) is 7.58. The number of amides is 2. The van der Waals surface area contributed by atoms with Crippen LogP contribution in [0.5, 0.6) is 0 Å². The number of rotatable bonds is 11. The van der Waals surface area contributed by atoms with Crippen LogP contribution in [0.4, 0.5) is 0 Å². The molecule has 0 fully saturated rings. The Hall–Kier alpha value is -2.18. The van der Waals surface area contributed by atoms with Gasteiger partial charge >= 0.3 is 0 Å². The molecule has 0 aliphatic heterocycles. The standard InChI is InChI=1S/C28H29Cl3N2O2S/c1-19(2)32-28(35)26(15-20-9-4-3-5-10-20)33(16-22-24(30)13-8-14-25(22)31)27(34)18-36-17-21-11-6-7-12-23(21)29/h3-14,19,26H,15-18H2,1-2H3,(H,32,35). The van der Waals surface area contributed by atoms with Crippen molar-refractivity contribution < 1.29 is 9.59 Å². The molecule has 0 saturated carbocycles. The normalized spacial score (nSPS) is 11.8. The quantitative estimate of drug-likeness (QED) is 0.272. The first kappa shape index (κ1) is 28.4. The summed E-state index contributed by atoms with van der Waals surface area (Å²) in [6.45, 7) is 3.91. The SMILES string of the molecule is CC(C)NC(=O)C(Cc1ccccc1)N(Cc1c(Cl)cccc1Cl)C(=O)CSCc1ccccc1Cl. The van der Waals surface area contributed by atoms with E-state index in [4.69, 9.17) is 34.8 Å². The van der Waals surface area contributed by atoms with Crippen molar-refractivity contribution in [1.82, 2.24) is 10.2 Å². The van der Waals surface area contributed by atoms with Crippen LogP contribution in [0.2, 0.25) is 15.1 Å². The van der Waals surface area contributed by atoms with Gasteiger partial charge in [-0.15, -0.1) is 11.8 Å². The highest BCUT2D eigenvalue weighted by molar-refractivity contribution is 7.99. The molecule has 1 N–H and O–H groups in total. The number of hydrogen-bond donors (Lipinski definition) is 1. The van der Waals surface area contributed by atoms with E-state index in [1.807, 2.05) is 68.4 Å². The van der Waals surface area contributed by atoms with Gasteiger partial charge in [0.25, 0.3) is 0 Å². The first-order valence-corrected chi connectivity index (χ1v) is 13.9. The molecule has 36 heavy (non-hydrogen) atoms. The molecule has 0 heterocycles. The molecule has 190 valence electrons. The number of nitrogens with one attached hydrogen (secondary N) is 1. The van der Waals surface area contributed by atoms with E-state index in [0.717, 1.165) is 11.1 Å². The maximum Gasteiger partial charge on any atom is 0.243 e.